The van der Waals surface area contributed by atoms with Gasteiger partial charge in [-0.25, -0.2) is 4.98 Å². The average Bonchev–Trinajstić information content (AvgIpc) is 2.14. The predicted molar refractivity (Wildman–Crippen MR) is 42.5 cm³/mol. The van der Waals surface area contributed by atoms with E-state index in [1.165, 1.54) is 11.3 Å². The van der Waals surface area contributed by atoms with Gasteiger partial charge in [0.05, 0.1) is 10.7 Å². The summed E-state index contributed by atoms with van der Waals surface area (Å²) >= 11 is 1.38. The van der Waals surface area contributed by atoms with E-state index < -0.39 is 0 Å². The number of aromatic hydroxyl groups is 1. The lowest BCUT2D eigenvalue weighted by molar-refractivity contribution is 0.485. The normalized spacial score (nSPS) is 10.2. The minimum atomic E-state index is 0.364. The third-order valence-corrected chi connectivity index (χ3v) is 2.30. The van der Waals surface area contributed by atoms with Crippen LogP contribution in [0.3, 0.4) is 0 Å². The van der Waals surface area contributed by atoms with Crippen LogP contribution in [0.5, 0.6) is 5.06 Å². The minimum Gasteiger partial charge on any atom is -0.498 e. The van der Waals surface area contributed by atoms with Crippen molar-refractivity contribution in [2.24, 2.45) is 0 Å². The SMILES string of the molecule is CCCc1nc(C)c(O)s1. The number of hydrogen-bond acceptors (Lipinski definition) is 3. The van der Waals surface area contributed by atoms with Gasteiger partial charge in [0, 0.05) is 0 Å². The molecule has 3 heteroatoms. The maximum atomic E-state index is 9.12. The van der Waals surface area contributed by atoms with Crippen LogP contribution in [-0.2, 0) is 6.42 Å². The number of aryl methyl sites for hydroxylation is 2. The molecule has 56 valence electrons. The summed E-state index contributed by atoms with van der Waals surface area (Å²) in [6.07, 6.45) is 2.07. The predicted octanol–water partition coefficient (Wildman–Crippen LogP) is 2.11. The molecule has 0 unspecified atom stereocenters. The van der Waals surface area contributed by atoms with Gasteiger partial charge in [0.2, 0.25) is 0 Å². The first-order valence-corrected chi connectivity index (χ1v) is 4.21. The van der Waals surface area contributed by atoms with Gasteiger partial charge in [-0.1, -0.05) is 18.3 Å². The summed E-state index contributed by atoms with van der Waals surface area (Å²) in [5.41, 5.74) is 0.758. The molecule has 0 spiro atoms. The molecule has 0 aliphatic rings. The summed E-state index contributed by atoms with van der Waals surface area (Å²) in [5.74, 6) is 0. The van der Waals surface area contributed by atoms with Gasteiger partial charge in [0.15, 0.2) is 5.06 Å². The largest absolute Gasteiger partial charge is 0.498 e. The Labute approximate surface area is 64.5 Å². The Hall–Kier alpha value is -0.570. The number of thiazole rings is 1. The van der Waals surface area contributed by atoms with Crippen LogP contribution in [0.1, 0.15) is 24.0 Å². The van der Waals surface area contributed by atoms with Crippen molar-refractivity contribution < 1.29 is 5.11 Å². The van der Waals surface area contributed by atoms with Gasteiger partial charge in [-0.2, -0.15) is 0 Å². The van der Waals surface area contributed by atoms with Crippen LogP contribution in [-0.4, -0.2) is 10.1 Å². The first-order valence-electron chi connectivity index (χ1n) is 3.39. The summed E-state index contributed by atoms with van der Waals surface area (Å²) in [6.45, 7) is 3.93. The fourth-order valence-electron chi connectivity index (χ4n) is 0.764. The van der Waals surface area contributed by atoms with Crippen molar-refractivity contribution in [2.75, 3.05) is 0 Å². The molecular formula is C7H11NOS. The second kappa shape index (κ2) is 3.01. The zero-order chi connectivity index (χ0) is 7.56. The zero-order valence-corrected chi connectivity index (χ0v) is 7.03. The third kappa shape index (κ3) is 1.48. The van der Waals surface area contributed by atoms with Crippen molar-refractivity contribution in [1.29, 1.82) is 0 Å². The highest BCUT2D eigenvalue weighted by Gasteiger charge is 2.03. The van der Waals surface area contributed by atoms with E-state index >= 15 is 0 Å². The Morgan fingerprint density at radius 2 is 2.30 bits per heavy atom. The highest BCUT2D eigenvalue weighted by Crippen LogP contribution is 2.25. The Morgan fingerprint density at radius 1 is 1.60 bits per heavy atom. The second-order valence-corrected chi connectivity index (χ2v) is 3.31. The maximum absolute atomic E-state index is 9.12. The van der Waals surface area contributed by atoms with Gasteiger partial charge >= 0.3 is 0 Å². The van der Waals surface area contributed by atoms with E-state index in [0.717, 1.165) is 23.5 Å². The molecule has 0 aliphatic carbocycles. The molecule has 0 saturated carbocycles. The topological polar surface area (TPSA) is 33.1 Å². The molecule has 0 atom stereocenters. The summed E-state index contributed by atoms with van der Waals surface area (Å²) in [7, 11) is 0. The van der Waals surface area contributed by atoms with E-state index in [0.29, 0.717) is 5.06 Å². The summed E-state index contributed by atoms with van der Waals surface area (Å²) in [5, 5.41) is 10.5. The molecular weight excluding hydrogens is 146 g/mol. The Kier molecular flexibility index (Phi) is 2.27. The van der Waals surface area contributed by atoms with E-state index in [2.05, 4.69) is 11.9 Å². The van der Waals surface area contributed by atoms with Crippen molar-refractivity contribution in [3.8, 4) is 5.06 Å². The Balaban J connectivity index is 2.77. The summed E-state index contributed by atoms with van der Waals surface area (Å²) in [4.78, 5) is 4.17. The average molecular weight is 157 g/mol. The summed E-state index contributed by atoms with van der Waals surface area (Å²) in [6, 6.07) is 0. The van der Waals surface area contributed by atoms with Gasteiger partial charge < -0.3 is 5.11 Å². The first-order chi connectivity index (χ1) is 4.74. The monoisotopic (exact) mass is 157 g/mol. The molecule has 0 radical (unpaired) electrons. The van der Waals surface area contributed by atoms with Gasteiger partial charge in [-0.3, -0.25) is 0 Å². The van der Waals surface area contributed by atoms with Gasteiger partial charge in [0.25, 0.3) is 0 Å². The molecule has 2 nitrogen and oxygen atoms in total. The molecule has 0 aromatic carbocycles. The molecule has 1 aromatic rings. The van der Waals surface area contributed by atoms with Crippen LogP contribution in [0.4, 0.5) is 0 Å². The molecule has 1 N–H and O–H groups in total. The number of hydrogen-bond donors (Lipinski definition) is 1. The molecule has 0 amide bonds. The molecule has 0 aliphatic heterocycles. The molecule has 0 saturated heterocycles. The molecule has 1 heterocycles. The lowest BCUT2D eigenvalue weighted by Crippen LogP contribution is -1.79. The summed E-state index contributed by atoms with van der Waals surface area (Å²) < 4.78 is 0. The van der Waals surface area contributed by atoms with Crippen molar-refractivity contribution in [3.63, 3.8) is 0 Å². The highest BCUT2D eigenvalue weighted by atomic mass is 32.1. The number of aromatic nitrogens is 1. The minimum absolute atomic E-state index is 0.364. The molecule has 1 rings (SSSR count). The standard InChI is InChI=1S/C7H11NOS/c1-3-4-6-8-5(2)7(9)10-6/h9H,3-4H2,1-2H3. The fourth-order valence-corrected chi connectivity index (χ4v) is 1.67. The lowest BCUT2D eigenvalue weighted by Gasteiger charge is -1.84. The van der Waals surface area contributed by atoms with Crippen LogP contribution < -0.4 is 0 Å². The van der Waals surface area contributed by atoms with E-state index in [1.807, 2.05) is 6.92 Å². The van der Waals surface area contributed by atoms with Crippen molar-refractivity contribution in [3.05, 3.63) is 10.7 Å². The quantitative estimate of drug-likeness (QED) is 0.713. The fraction of sp³-hybridized carbons (Fsp3) is 0.571. The van der Waals surface area contributed by atoms with Crippen LogP contribution in [0.2, 0.25) is 0 Å². The Morgan fingerprint density at radius 3 is 2.70 bits per heavy atom. The van der Waals surface area contributed by atoms with E-state index in [1.54, 1.807) is 0 Å². The van der Waals surface area contributed by atoms with Crippen LogP contribution in [0, 0.1) is 6.92 Å². The zero-order valence-electron chi connectivity index (χ0n) is 6.22. The molecule has 10 heavy (non-hydrogen) atoms. The van der Waals surface area contributed by atoms with Crippen LogP contribution >= 0.6 is 11.3 Å². The van der Waals surface area contributed by atoms with Gasteiger partial charge in [-0.05, 0) is 19.8 Å². The number of rotatable bonds is 2. The van der Waals surface area contributed by atoms with E-state index in [-0.39, 0.29) is 0 Å². The van der Waals surface area contributed by atoms with Crippen molar-refractivity contribution >= 4 is 11.3 Å². The van der Waals surface area contributed by atoms with Gasteiger partial charge in [-0.15, -0.1) is 0 Å². The van der Waals surface area contributed by atoms with Crippen molar-refractivity contribution in [1.82, 2.24) is 4.98 Å². The second-order valence-electron chi connectivity index (χ2n) is 2.25. The lowest BCUT2D eigenvalue weighted by atomic mass is 10.3. The van der Waals surface area contributed by atoms with Crippen LogP contribution in [0.25, 0.3) is 0 Å². The third-order valence-electron chi connectivity index (χ3n) is 1.28. The maximum Gasteiger partial charge on any atom is 0.194 e. The number of nitrogens with zero attached hydrogens (tertiary/aromatic N) is 1. The highest BCUT2D eigenvalue weighted by molar-refractivity contribution is 7.13. The van der Waals surface area contributed by atoms with E-state index in [4.69, 9.17) is 5.11 Å². The van der Waals surface area contributed by atoms with Crippen LogP contribution in [0.15, 0.2) is 0 Å². The molecule has 1 aromatic heterocycles. The van der Waals surface area contributed by atoms with Crippen molar-refractivity contribution in [2.45, 2.75) is 26.7 Å². The molecule has 0 fully saturated rings. The van der Waals surface area contributed by atoms with Gasteiger partial charge in [0.1, 0.15) is 0 Å². The first kappa shape index (κ1) is 7.54. The van der Waals surface area contributed by atoms with E-state index in [9.17, 15) is 0 Å². The Bertz CT molecular complexity index is 200. The smallest absolute Gasteiger partial charge is 0.194 e. The molecule has 0 bridgehead atoms.